The van der Waals surface area contributed by atoms with Gasteiger partial charge in [0.2, 0.25) is 0 Å². The molecule has 0 spiro atoms. The standard InChI is InChI=1S/C20H24O4/c1-2-17(21)14-24-19-12-11-15(7-6-10-20(22)23)13-18(19)16-8-4-3-5-9-16/h3-5,8-9,11-13,17,21H,2,6-7,10,14H2,1H3,(H,22,23). The molecule has 1 unspecified atom stereocenters. The molecule has 0 bridgehead atoms. The maximum Gasteiger partial charge on any atom is 0.303 e. The highest BCUT2D eigenvalue weighted by molar-refractivity contribution is 5.71. The van der Waals surface area contributed by atoms with E-state index in [2.05, 4.69) is 0 Å². The summed E-state index contributed by atoms with van der Waals surface area (Å²) in [6.45, 7) is 2.17. The Kier molecular flexibility index (Phi) is 6.82. The molecule has 0 radical (unpaired) electrons. The second-order valence-electron chi connectivity index (χ2n) is 5.82. The minimum absolute atomic E-state index is 0.168. The van der Waals surface area contributed by atoms with Crippen LogP contribution in [0.4, 0.5) is 0 Å². The van der Waals surface area contributed by atoms with Gasteiger partial charge in [0.25, 0.3) is 0 Å². The topological polar surface area (TPSA) is 66.8 Å². The number of carboxylic acids is 1. The fourth-order valence-electron chi connectivity index (χ4n) is 2.45. The summed E-state index contributed by atoms with van der Waals surface area (Å²) in [5.74, 6) is -0.0394. The van der Waals surface area contributed by atoms with Gasteiger partial charge in [-0.15, -0.1) is 0 Å². The first-order valence-electron chi connectivity index (χ1n) is 8.31. The van der Waals surface area contributed by atoms with Gasteiger partial charge in [-0.25, -0.2) is 0 Å². The molecule has 24 heavy (non-hydrogen) atoms. The summed E-state index contributed by atoms with van der Waals surface area (Å²) in [5, 5.41) is 18.5. The van der Waals surface area contributed by atoms with Gasteiger partial charge in [0.1, 0.15) is 12.4 Å². The average Bonchev–Trinajstić information content (AvgIpc) is 2.60. The zero-order valence-corrected chi connectivity index (χ0v) is 13.9. The highest BCUT2D eigenvalue weighted by Gasteiger charge is 2.10. The zero-order chi connectivity index (χ0) is 17.4. The summed E-state index contributed by atoms with van der Waals surface area (Å²) in [6, 6.07) is 15.8. The third-order valence-electron chi connectivity index (χ3n) is 3.89. The number of hydrogen-bond donors (Lipinski definition) is 2. The largest absolute Gasteiger partial charge is 0.490 e. The van der Waals surface area contributed by atoms with Crippen LogP contribution in [0.25, 0.3) is 11.1 Å². The number of aliphatic carboxylic acids is 1. The molecule has 4 heteroatoms. The van der Waals surface area contributed by atoms with Gasteiger partial charge >= 0.3 is 5.97 Å². The zero-order valence-electron chi connectivity index (χ0n) is 13.9. The second kappa shape index (κ2) is 9.08. The van der Waals surface area contributed by atoms with Crippen LogP contribution in [-0.2, 0) is 11.2 Å². The second-order valence-corrected chi connectivity index (χ2v) is 5.82. The molecule has 4 nitrogen and oxygen atoms in total. The molecular formula is C20H24O4. The van der Waals surface area contributed by atoms with Crippen molar-refractivity contribution in [2.24, 2.45) is 0 Å². The van der Waals surface area contributed by atoms with E-state index in [-0.39, 0.29) is 13.0 Å². The van der Waals surface area contributed by atoms with Gasteiger partial charge in [-0.1, -0.05) is 43.3 Å². The molecular weight excluding hydrogens is 304 g/mol. The van der Waals surface area contributed by atoms with E-state index in [1.54, 1.807) is 0 Å². The van der Waals surface area contributed by atoms with Crippen molar-refractivity contribution in [1.82, 2.24) is 0 Å². The first kappa shape index (κ1) is 18.0. The molecule has 0 aromatic heterocycles. The fourth-order valence-corrected chi connectivity index (χ4v) is 2.45. The van der Waals surface area contributed by atoms with Crippen molar-refractivity contribution >= 4 is 5.97 Å². The van der Waals surface area contributed by atoms with Crippen molar-refractivity contribution in [1.29, 1.82) is 0 Å². The van der Waals surface area contributed by atoms with Crippen LogP contribution in [0.2, 0.25) is 0 Å². The molecule has 2 rings (SSSR count). The maximum atomic E-state index is 10.7. The Morgan fingerprint density at radius 3 is 2.58 bits per heavy atom. The smallest absolute Gasteiger partial charge is 0.303 e. The monoisotopic (exact) mass is 328 g/mol. The maximum absolute atomic E-state index is 10.7. The van der Waals surface area contributed by atoms with Crippen molar-refractivity contribution in [2.75, 3.05) is 6.61 Å². The lowest BCUT2D eigenvalue weighted by molar-refractivity contribution is -0.137. The van der Waals surface area contributed by atoms with E-state index in [9.17, 15) is 9.90 Å². The van der Waals surface area contributed by atoms with Crippen LogP contribution in [0, 0.1) is 0 Å². The summed E-state index contributed by atoms with van der Waals surface area (Å²) in [6.07, 6.45) is 1.65. The summed E-state index contributed by atoms with van der Waals surface area (Å²) < 4.78 is 5.80. The molecule has 0 aliphatic heterocycles. The third-order valence-corrected chi connectivity index (χ3v) is 3.89. The lowest BCUT2D eigenvalue weighted by Gasteiger charge is -2.15. The van der Waals surface area contributed by atoms with E-state index in [4.69, 9.17) is 9.84 Å². The lowest BCUT2D eigenvalue weighted by atomic mass is 9.99. The van der Waals surface area contributed by atoms with Gasteiger partial charge in [-0.3, -0.25) is 4.79 Å². The van der Waals surface area contributed by atoms with E-state index in [0.29, 0.717) is 19.3 Å². The van der Waals surface area contributed by atoms with Crippen LogP contribution < -0.4 is 4.74 Å². The Bertz CT molecular complexity index is 652. The van der Waals surface area contributed by atoms with Crippen molar-refractivity contribution in [3.63, 3.8) is 0 Å². The molecule has 0 aliphatic rings. The number of hydrogen-bond acceptors (Lipinski definition) is 3. The number of aliphatic hydroxyl groups is 1. The first-order chi connectivity index (χ1) is 11.6. The van der Waals surface area contributed by atoms with Crippen LogP contribution in [0.5, 0.6) is 5.75 Å². The molecule has 0 saturated heterocycles. The average molecular weight is 328 g/mol. The Labute approximate surface area is 142 Å². The Balaban J connectivity index is 2.21. The Morgan fingerprint density at radius 2 is 1.92 bits per heavy atom. The quantitative estimate of drug-likeness (QED) is 0.732. The molecule has 2 aromatic carbocycles. The molecule has 2 N–H and O–H groups in total. The van der Waals surface area contributed by atoms with Gasteiger partial charge in [0, 0.05) is 12.0 Å². The number of ether oxygens (including phenoxy) is 1. The number of rotatable bonds is 9. The molecule has 2 aromatic rings. The van der Waals surface area contributed by atoms with Crippen molar-refractivity contribution in [2.45, 2.75) is 38.7 Å². The molecule has 0 heterocycles. The normalized spacial score (nSPS) is 11.9. The van der Waals surface area contributed by atoms with Gasteiger partial charge < -0.3 is 14.9 Å². The third kappa shape index (κ3) is 5.39. The van der Waals surface area contributed by atoms with Crippen LogP contribution in [0.15, 0.2) is 48.5 Å². The summed E-state index contributed by atoms with van der Waals surface area (Å²) in [5.41, 5.74) is 3.09. The number of aliphatic hydroxyl groups excluding tert-OH is 1. The van der Waals surface area contributed by atoms with Crippen LogP contribution in [0.3, 0.4) is 0 Å². The minimum atomic E-state index is -0.771. The van der Waals surface area contributed by atoms with E-state index in [0.717, 1.165) is 22.4 Å². The molecule has 0 amide bonds. The van der Waals surface area contributed by atoms with Gasteiger partial charge in [0.15, 0.2) is 0 Å². The summed E-state index contributed by atoms with van der Waals surface area (Å²) >= 11 is 0. The predicted molar refractivity (Wildman–Crippen MR) is 94.2 cm³/mol. The predicted octanol–water partition coefficient (Wildman–Crippen LogP) is 3.91. The van der Waals surface area contributed by atoms with Gasteiger partial charge in [-0.2, -0.15) is 0 Å². The van der Waals surface area contributed by atoms with E-state index < -0.39 is 12.1 Å². The van der Waals surface area contributed by atoms with E-state index >= 15 is 0 Å². The first-order valence-corrected chi connectivity index (χ1v) is 8.31. The van der Waals surface area contributed by atoms with Crippen LogP contribution in [0.1, 0.15) is 31.7 Å². The van der Waals surface area contributed by atoms with Gasteiger partial charge in [-0.05, 0) is 42.5 Å². The van der Waals surface area contributed by atoms with Crippen molar-refractivity contribution in [3.8, 4) is 16.9 Å². The highest BCUT2D eigenvalue weighted by Crippen LogP contribution is 2.31. The molecule has 0 aliphatic carbocycles. The number of benzene rings is 2. The Hall–Kier alpha value is -2.33. The number of aryl methyl sites for hydroxylation is 1. The van der Waals surface area contributed by atoms with E-state index in [1.165, 1.54) is 0 Å². The Morgan fingerprint density at radius 1 is 1.17 bits per heavy atom. The van der Waals surface area contributed by atoms with Crippen molar-refractivity contribution in [3.05, 3.63) is 54.1 Å². The lowest BCUT2D eigenvalue weighted by Crippen LogP contribution is -2.16. The molecule has 1 atom stereocenters. The fraction of sp³-hybridized carbons (Fsp3) is 0.350. The van der Waals surface area contributed by atoms with Crippen molar-refractivity contribution < 1.29 is 19.7 Å². The summed E-state index contributed by atoms with van der Waals surface area (Å²) in [4.78, 5) is 10.7. The molecule has 0 fully saturated rings. The van der Waals surface area contributed by atoms with Gasteiger partial charge in [0.05, 0.1) is 6.10 Å². The van der Waals surface area contributed by atoms with E-state index in [1.807, 2.05) is 55.5 Å². The summed E-state index contributed by atoms with van der Waals surface area (Å²) in [7, 11) is 0. The molecule has 0 saturated carbocycles. The highest BCUT2D eigenvalue weighted by atomic mass is 16.5. The SMILES string of the molecule is CCC(O)COc1ccc(CCCC(=O)O)cc1-c1ccccc1. The minimum Gasteiger partial charge on any atom is -0.490 e. The van der Waals surface area contributed by atoms with Crippen LogP contribution in [-0.4, -0.2) is 28.9 Å². The number of carbonyl (C=O) groups is 1. The number of carboxylic acid groups (broad SMARTS) is 1. The molecule has 128 valence electrons. The van der Waals surface area contributed by atoms with Crippen LogP contribution >= 0.6 is 0 Å².